The SMILES string of the molecule is O=C(CCN1CCCC1)NC1=CC2C(=O)c3cc(NC(=O)CCN4CCCC4)ccc3N=C2C=C1. The summed E-state index contributed by atoms with van der Waals surface area (Å²) in [4.78, 5) is 47.4. The summed E-state index contributed by atoms with van der Waals surface area (Å²) in [5.74, 6) is -0.715. The van der Waals surface area contributed by atoms with Crippen LogP contribution in [0.3, 0.4) is 0 Å². The van der Waals surface area contributed by atoms with Crippen molar-refractivity contribution in [1.29, 1.82) is 0 Å². The van der Waals surface area contributed by atoms with Gasteiger partial charge >= 0.3 is 0 Å². The molecule has 8 heteroatoms. The lowest BCUT2D eigenvalue weighted by atomic mass is 9.85. The Kier molecular flexibility index (Phi) is 7.20. The number of likely N-dealkylation sites (tertiary alicyclic amines) is 2. The van der Waals surface area contributed by atoms with Crippen molar-refractivity contribution >= 4 is 34.7 Å². The number of rotatable bonds is 8. The van der Waals surface area contributed by atoms with Gasteiger partial charge in [0.25, 0.3) is 0 Å². The van der Waals surface area contributed by atoms with Crippen LogP contribution in [0.2, 0.25) is 0 Å². The summed E-state index contributed by atoms with van der Waals surface area (Å²) in [7, 11) is 0. The van der Waals surface area contributed by atoms with E-state index < -0.39 is 5.92 Å². The second kappa shape index (κ2) is 10.7. The number of benzene rings is 1. The third-order valence-corrected chi connectivity index (χ3v) is 7.17. The predicted molar refractivity (Wildman–Crippen MR) is 136 cm³/mol. The Labute approximate surface area is 206 Å². The van der Waals surface area contributed by atoms with Crippen molar-refractivity contribution in [2.75, 3.05) is 44.6 Å². The van der Waals surface area contributed by atoms with Crippen molar-refractivity contribution in [3.05, 3.63) is 47.7 Å². The lowest BCUT2D eigenvalue weighted by Crippen LogP contribution is -2.32. The zero-order valence-corrected chi connectivity index (χ0v) is 20.1. The molecule has 1 unspecified atom stereocenters. The number of ketones is 1. The number of carbonyl (C=O) groups is 3. The van der Waals surface area contributed by atoms with Crippen molar-refractivity contribution in [3.8, 4) is 0 Å². The molecule has 3 aliphatic heterocycles. The Morgan fingerprint density at radius 1 is 0.886 bits per heavy atom. The summed E-state index contributed by atoms with van der Waals surface area (Å²) in [5, 5.41) is 5.86. The van der Waals surface area contributed by atoms with Crippen LogP contribution in [0.4, 0.5) is 11.4 Å². The quantitative estimate of drug-likeness (QED) is 0.603. The number of Topliss-reactive ketones (excluding diaryl/α,β-unsaturated/α-hetero) is 1. The molecule has 2 fully saturated rings. The Hall–Kier alpha value is -3.10. The molecule has 5 rings (SSSR count). The van der Waals surface area contributed by atoms with E-state index in [0.717, 1.165) is 39.3 Å². The number of fused-ring (bicyclic) bond motifs is 2. The number of hydrogen-bond donors (Lipinski definition) is 2. The second-order valence-electron chi connectivity index (χ2n) is 9.76. The van der Waals surface area contributed by atoms with E-state index >= 15 is 0 Å². The standard InChI is InChI=1S/C27H33N5O3/c33-25(9-15-31-11-1-2-12-31)28-19-5-7-23-21(17-19)27(35)22-18-20(6-8-24(22)30-23)29-26(34)10-16-32-13-3-4-14-32/h5-8,17-18,21H,1-4,9-16H2,(H,28,33)(H,29,34). The molecule has 0 saturated carbocycles. The van der Waals surface area contributed by atoms with Crippen molar-refractivity contribution in [2.45, 2.75) is 38.5 Å². The van der Waals surface area contributed by atoms with Gasteiger partial charge in [0.05, 0.1) is 17.3 Å². The summed E-state index contributed by atoms with van der Waals surface area (Å²) in [6, 6.07) is 5.28. The number of aliphatic imine (C=N–C) groups is 1. The molecule has 1 aromatic rings. The number of carbonyl (C=O) groups excluding carboxylic acids is 3. The Morgan fingerprint density at radius 3 is 2.17 bits per heavy atom. The third-order valence-electron chi connectivity index (χ3n) is 7.17. The van der Waals surface area contributed by atoms with Gasteiger partial charge in [0.2, 0.25) is 11.8 Å². The predicted octanol–water partition coefficient (Wildman–Crippen LogP) is 3.05. The average molecular weight is 476 g/mol. The van der Waals surface area contributed by atoms with E-state index in [2.05, 4.69) is 25.4 Å². The van der Waals surface area contributed by atoms with Gasteiger partial charge in [-0.1, -0.05) is 0 Å². The van der Waals surface area contributed by atoms with Crippen LogP contribution in [0, 0.1) is 5.92 Å². The highest BCUT2D eigenvalue weighted by atomic mass is 16.2. The van der Waals surface area contributed by atoms with Crippen molar-refractivity contribution in [1.82, 2.24) is 15.1 Å². The maximum absolute atomic E-state index is 13.3. The van der Waals surface area contributed by atoms with Gasteiger partial charge in [0.1, 0.15) is 0 Å². The van der Waals surface area contributed by atoms with Crippen molar-refractivity contribution in [2.24, 2.45) is 10.9 Å². The number of nitrogens with zero attached hydrogens (tertiary/aromatic N) is 3. The molecule has 8 nitrogen and oxygen atoms in total. The lowest BCUT2D eigenvalue weighted by molar-refractivity contribution is -0.120. The van der Waals surface area contributed by atoms with Crippen LogP contribution in [0.25, 0.3) is 0 Å². The minimum Gasteiger partial charge on any atom is -0.326 e. The normalized spacial score (nSPS) is 21.8. The smallest absolute Gasteiger partial charge is 0.225 e. The summed E-state index contributed by atoms with van der Waals surface area (Å²) >= 11 is 0. The van der Waals surface area contributed by atoms with Crippen LogP contribution < -0.4 is 10.6 Å². The van der Waals surface area contributed by atoms with E-state index in [1.165, 1.54) is 25.7 Å². The van der Waals surface area contributed by atoms with Crippen LogP contribution in [-0.2, 0) is 9.59 Å². The summed E-state index contributed by atoms with van der Waals surface area (Å²) in [6.45, 7) is 5.77. The Bertz CT molecular complexity index is 1090. The van der Waals surface area contributed by atoms with Gasteiger partial charge in [-0.25, -0.2) is 0 Å². The molecule has 2 saturated heterocycles. The zero-order chi connectivity index (χ0) is 24.2. The van der Waals surface area contributed by atoms with Crippen molar-refractivity contribution in [3.63, 3.8) is 0 Å². The van der Waals surface area contributed by atoms with Crippen LogP contribution in [0.1, 0.15) is 48.9 Å². The van der Waals surface area contributed by atoms with Crippen LogP contribution >= 0.6 is 0 Å². The van der Waals surface area contributed by atoms with E-state index in [0.29, 0.717) is 41.2 Å². The largest absolute Gasteiger partial charge is 0.326 e. The van der Waals surface area contributed by atoms with E-state index in [1.54, 1.807) is 36.4 Å². The van der Waals surface area contributed by atoms with Gasteiger partial charge in [-0.15, -0.1) is 0 Å². The fourth-order valence-corrected chi connectivity index (χ4v) is 5.19. The van der Waals surface area contributed by atoms with Gasteiger partial charge in [-0.05, 0) is 88.3 Å². The molecule has 0 bridgehead atoms. The Balaban J connectivity index is 1.20. The third kappa shape index (κ3) is 5.77. The molecule has 1 atom stereocenters. The Morgan fingerprint density at radius 2 is 1.51 bits per heavy atom. The first-order chi connectivity index (χ1) is 17.0. The van der Waals surface area contributed by atoms with Crippen LogP contribution in [0.5, 0.6) is 0 Å². The molecule has 0 spiro atoms. The average Bonchev–Trinajstić information content (AvgIpc) is 3.57. The number of allylic oxidation sites excluding steroid dienone is 3. The molecular weight excluding hydrogens is 442 g/mol. The van der Waals surface area contributed by atoms with Gasteiger partial charge in [0, 0.05) is 42.9 Å². The molecule has 2 amide bonds. The minimum absolute atomic E-state index is 0.0456. The van der Waals surface area contributed by atoms with Crippen LogP contribution in [-0.4, -0.2) is 72.4 Å². The van der Waals surface area contributed by atoms with E-state index in [4.69, 9.17) is 0 Å². The molecule has 1 aromatic carbocycles. The van der Waals surface area contributed by atoms with Gasteiger partial charge in [0.15, 0.2) is 5.78 Å². The molecule has 4 aliphatic rings. The highest BCUT2D eigenvalue weighted by molar-refractivity contribution is 6.23. The maximum atomic E-state index is 13.3. The molecule has 184 valence electrons. The summed E-state index contributed by atoms with van der Waals surface area (Å²) in [6.07, 6.45) is 11.1. The molecule has 0 radical (unpaired) electrons. The monoisotopic (exact) mass is 475 g/mol. The summed E-state index contributed by atoms with van der Waals surface area (Å²) < 4.78 is 0. The van der Waals surface area contributed by atoms with Gasteiger partial charge in [-0.2, -0.15) is 0 Å². The number of anilines is 1. The number of nitrogens with one attached hydrogen (secondary N) is 2. The first-order valence-corrected chi connectivity index (χ1v) is 12.8. The fraction of sp³-hybridized carbons (Fsp3) is 0.481. The maximum Gasteiger partial charge on any atom is 0.225 e. The topological polar surface area (TPSA) is 94.1 Å². The van der Waals surface area contributed by atoms with Crippen LogP contribution in [0.15, 0.2) is 47.1 Å². The number of hydrogen-bond acceptors (Lipinski definition) is 6. The second-order valence-corrected chi connectivity index (χ2v) is 9.76. The molecule has 35 heavy (non-hydrogen) atoms. The van der Waals surface area contributed by atoms with E-state index in [1.807, 2.05) is 0 Å². The molecule has 2 N–H and O–H groups in total. The molecule has 0 aromatic heterocycles. The molecular formula is C27H33N5O3. The first kappa shape index (κ1) is 23.6. The van der Waals surface area contributed by atoms with Gasteiger partial charge < -0.3 is 20.4 Å². The molecule has 1 aliphatic carbocycles. The summed E-state index contributed by atoms with van der Waals surface area (Å²) in [5.41, 5.74) is 2.99. The number of amides is 2. The van der Waals surface area contributed by atoms with E-state index in [-0.39, 0.29) is 17.6 Å². The fourth-order valence-electron chi connectivity index (χ4n) is 5.19. The molecule has 3 heterocycles. The lowest BCUT2D eigenvalue weighted by Gasteiger charge is -2.24. The van der Waals surface area contributed by atoms with Crippen molar-refractivity contribution < 1.29 is 14.4 Å². The van der Waals surface area contributed by atoms with E-state index in [9.17, 15) is 14.4 Å². The highest BCUT2D eigenvalue weighted by Gasteiger charge is 2.31. The minimum atomic E-state index is -0.539. The highest BCUT2D eigenvalue weighted by Crippen LogP contribution is 2.33. The van der Waals surface area contributed by atoms with Gasteiger partial charge in [-0.3, -0.25) is 19.4 Å². The zero-order valence-electron chi connectivity index (χ0n) is 20.1. The first-order valence-electron chi connectivity index (χ1n) is 12.8.